The minimum atomic E-state index is -0.271. The summed E-state index contributed by atoms with van der Waals surface area (Å²) in [5.41, 5.74) is 1.27. The van der Waals surface area contributed by atoms with Gasteiger partial charge in [0.05, 0.1) is 5.69 Å². The van der Waals surface area contributed by atoms with Crippen LogP contribution in [0, 0.1) is 5.92 Å². The van der Waals surface area contributed by atoms with Crippen molar-refractivity contribution < 1.29 is 19.1 Å². The molecule has 136 valence electrons. The second kappa shape index (κ2) is 7.91. The Morgan fingerprint density at radius 2 is 2.00 bits per heavy atom. The zero-order valence-electron chi connectivity index (χ0n) is 14.9. The molecule has 6 heteroatoms. The molecule has 0 bridgehead atoms. The van der Waals surface area contributed by atoms with E-state index in [1.54, 1.807) is 35.2 Å². The number of anilines is 2. The monoisotopic (exact) mass is 354 g/mol. The van der Waals surface area contributed by atoms with Crippen molar-refractivity contribution in [3.8, 4) is 11.5 Å². The predicted octanol–water partition coefficient (Wildman–Crippen LogP) is 3.09. The molecule has 0 aromatic heterocycles. The van der Waals surface area contributed by atoms with Gasteiger partial charge in [0.1, 0.15) is 11.5 Å². The summed E-state index contributed by atoms with van der Waals surface area (Å²) in [6.45, 7) is 4.65. The lowest BCUT2D eigenvalue weighted by atomic mass is 10.1. The van der Waals surface area contributed by atoms with Crippen molar-refractivity contribution in [2.24, 2.45) is 5.92 Å². The van der Waals surface area contributed by atoms with E-state index in [9.17, 15) is 9.59 Å². The van der Waals surface area contributed by atoms with Crippen LogP contribution in [-0.4, -0.2) is 31.6 Å². The maximum atomic E-state index is 12.2. The van der Waals surface area contributed by atoms with Crippen molar-refractivity contribution in [2.45, 2.75) is 13.8 Å². The molecule has 0 saturated heterocycles. The Bertz CT molecular complexity index is 790. The van der Waals surface area contributed by atoms with Crippen LogP contribution in [0.4, 0.5) is 11.4 Å². The number of hydrogen-bond acceptors (Lipinski definition) is 4. The van der Waals surface area contributed by atoms with Crippen LogP contribution in [0.1, 0.15) is 13.8 Å². The molecule has 1 aliphatic heterocycles. The molecule has 0 atom stereocenters. The van der Waals surface area contributed by atoms with Crippen LogP contribution in [0.3, 0.4) is 0 Å². The fourth-order valence-corrected chi connectivity index (χ4v) is 2.71. The number of ether oxygens (including phenoxy) is 2. The molecule has 2 aromatic rings. The molecule has 3 rings (SSSR count). The van der Waals surface area contributed by atoms with Gasteiger partial charge >= 0.3 is 0 Å². The van der Waals surface area contributed by atoms with Gasteiger partial charge in [-0.05, 0) is 36.2 Å². The third kappa shape index (κ3) is 4.33. The van der Waals surface area contributed by atoms with E-state index in [1.165, 1.54) is 0 Å². The molecule has 2 aromatic carbocycles. The van der Waals surface area contributed by atoms with Crippen LogP contribution in [0.25, 0.3) is 0 Å². The first-order valence-corrected chi connectivity index (χ1v) is 8.58. The first kappa shape index (κ1) is 17.8. The molecular formula is C20H22N2O4. The molecule has 0 aliphatic carbocycles. The number of carbonyl (C=O) groups is 2. The average molecular weight is 354 g/mol. The molecule has 1 N–H and O–H groups in total. The van der Waals surface area contributed by atoms with Crippen LogP contribution in [0.2, 0.25) is 0 Å². The highest BCUT2D eigenvalue weighted by Gasteiger charge is 2.26. The smallest absolute Gasteiger partial charge is 0.265 e. The van der Waals surface area contributed by atoms with Crippen LogP contribution in [-0.2, 0) is 9.59 Å². The number of hydrogen-bond donors (Lipinski definition) is 1. The van der Waals surface area contributed by atoms with Gasteiger partial charge in [0.25, 0.3) is 11.8 Å². The third-order valence-corrected chi connectivity index (χ3v) is 3.85. The number of para-hydroxylation sites is 1. The Labute approximate surface area is 152 Å². The van der Waals surface area contributed by atoms with Gasteiger partial charge in [0.15, 0.2) is 13.2 Å². The standard InChI is InChI=1S/C20H22N2O4/c1-14(2)11-22-17-10-15(8-9-18(17)26-13-20(22)24)21-19(23)12-25-16-6-4-3-5-7-16/h3-10,14H,11-13H2,1-2H3,(H,21,23). The molecule has 0 radical (unpaired) electrons. The molecule has 2 amide bonds. The SMILES string of the molecule is CC(C)CN1C(=O)COc2ccc(NC(=O)COc3ccccc3)cc21. The van der Waals surface area contributed by atoms with Gasteiger partial charge in [0, 0.05) is 12.2 Å². The van der Waals surface area contributed by atoms with Crippen LogP contribution in [0.5, 0.6) is 11.5 Å². The quantitative estimate of drug-likeness (QED) is 0.866. The van der Waals surface area contributed by atoms with Crippen LogP contribution in [0.15, 0.2) is 48.5 Å². The highest BCUT2D eigenvalue weighted by atomic mass is 16.5. The Morgan fingerprint density at radius 3 is 2.73 bits per heavy atom. The average Bonchev–Trinajstić information content (AvgIpc) is 2.63. The fraction of sp³-hybridized carbons (Fsp3) is 0.300. The summed E-state index contributed by atoms with van der Waals surface area (Å²) < 4.78 is 10.9. The Balaban J connectivity index is 1.68. The summed E-state index contributed by atoms with van der Waals surface area (Å²) in [5, 5.41) is 2.79. The molecule has 1 aliphatic rings. The van der Waals surface area contributed by atoms with Gasteiger partial charge in [-0.15, -0.1) is 0 Å². The predicted molar refractivity (Wildman–Crippen MR) is 99.7 cm³/mol. The molecule has 6 nitrogen and oxygen atoms in total. The Hall–Kier alpha value is -3.02. The summed E-state index contributed by atoms with van der Waals surface area (Å²) in [6, 6.07) is 14.4. The molecule has 26 heavy (non-hydrogen) atoms. The summed E-state index contributed by atoms with van der Waals surface area (Å²) in [4.78, 5) is 26.0. The normalized spacial score (nSPS) is 13.2. The lowest BCUT2D eigenvalue weighted by Gasteiger charge is -2.31. The molecule has 0 fully saturated rings. The number of rotatable bonds is 6. The highest BCUT2D eigenvalue weighted by Crippen LogP contribution is 2.35. The molecule has 0 saturated carbocycles. The van der Waals surface area contributed by atoms with Crippen molar-refractivity contribution in [1.29, 1.82) is 0 Å². The second-order valence-electron chi connectivity index (χ2n) is 6.52. The number of fused-ring (bicyclic) bond motifs is 1. The van der Waals surface area contributed by atoms with Crippen molar-refractivity contribution in [3.05, 3.63) is 48.5 Å². The van der Waals surface area contributed by atoms with E-state index in [2.05, 4.69) is 19.2 Å². The number of benzene rings is 2. The number of amides is 2. The van der Waals surface area contributed by atoms with E-state index in [0.717, 1.165) is 0 Å². The number of nitrogens with zero attached hydrogens (tertiary/aromatic N) is 1. The van der Waals surface area contributed by atoms with Gasteiger partial charge < -0.3 is 19.7 Å². The third-order valence-electron chi connectivity index (χ3n) is 3.85. The van der Waals surface area contributed by atoms with Crippen LogP contribution >= 0.6 is 0 Å². The van der Waals surface area contributed by atoms with E-state index in [4.69, 9.17) is 9.47 Å². The summed E-state index contributed by atoms with van der Waals surface area (Å²) in [6.07, 6.45) is 0. The Morgan fingerprint density at radius 1 is 1.23 bits per heavy atom. The topological polar surface area (TPSA) is 67.9 Å². The zero-order chi connectivity index (χ0) is 18.5. The van der Waals surface area contributed by atoms with E-state index in [1.807, 2.05) is 18.2 Å². The zero-order valence-corrected chi connectivity index (χ0v) is 14.9. The maximum absolute atomic E-state index is 12.2. The Kier molecular flexibility index (Phi) is 5.41. The fourth-order valence-electron chi connectivity index (χ4n) is 2.71. The van der Waals surface area contributed by atoms with Gasteiger partial charge in [-0.25, -0.2) is 0 Å². The summed E-state index contributed by atoms with van der Waals surface area (Å²) in [7, 11) is 0. The minimum absolute atomic E-state index is 0.0380. The molecular weight excluding hydrogens is 332 g/mol. The largest absolute Gasteiger partial charge is 0.484 e. The lowest BCUT2D eigenvalue weighted by Crippen LogP contribution is -2.41. The van der Waals surface area contributed by atoms with Gasteiger partial charge in [-0.3, -0.25) is 9.59 Å². The van der Waals surface area contributed by atoms with Crippen molar-refractivity contribution in [1.82, 2.24) is 0 Å². The molecule has 0 unspecified atom stereocenters. The molecule has 1 heterocycles. The van der Waals surface area contributed by atoms with E-state index in [0.29, 0.717) is 35.3 Å². The second-order valence-corrected chi connectivity index (χ2v) is 6.52. The minimum Gasteiger partial charge on any atom is -0.484 e. The van der Waals surface area contributed by atoms with Crippen molar-refractivity contribution >= 4 is 23.2 Å². The molecule has 0 spiro atoms. The van der Waals surface area contributed by atoms with Crippen molar-refractivity contribution in [2.75, 3.05) is 30.0 Å². The number of nitrogens with one attached hydrogen (secondary N) is 1. The van der Waals surface area contributed by atoms with Crippen LogP contribution < -0.4 is 19.7 Å². The van der Waals surface area contributed by atoms with Crippen molar-refractivity contribution in [3.63, 3.8) is 0 Å². The van der Waals surface area contributed by atoms with Gasteiger partial charge in [-0.1, -0.05) is 32.0 Å². The van der Waals surface area contributed by atoms with Gasteiger partial charge in [0.2, 0.25) is 0 Å². The van der Waals surface area contributed by atoms with E-state index < -0.39 is 0 Å². The van der Waals surface area contributed by atoms with E-state index in [-0.39, 0.29) is 25.0 Å². The summed E-state index contributed by atoms with van der Waals surface area (Å²) in [5.74, 6) is 1.25. The van der Waals surface area contributed by atoms with E-state index >= 15 is 0 Å². The number of carbonyl (C=O) groups excluding carboxylic acids is 2. The first-order valence-electron chi connectivity index (χ1n) is 8.58. The first-order chi connectivity index (χ1) is 12.5. The van der Waals surface area contributed by atoms with Gasteiger partial charge in [-0.2, -0.15) is 0 Å². The summed E-state index contributed by atoms with van der Waals surface area (Å²) >= 11 is 0. The highest BCUT2D eigenvalue weighted by molar-refractivity contribution is 5.99. The maximum Gasteiger partial charge on any atom is 0.265 e. The lowest BCUT2D eigenvalue weighted by molar-refractivity contribution is -0.121.